The van der Waals surface area contributed by atoms with Crippen molar-refractivity contribution in [1.29, 1.82) is 0 Å². The molecule has 0 aliphatic carbocycles. The van der Waals surface area contributed by atoms with Gasteiger partial charge in [-0.2, -0.15) is 0 Å². The number of nitrogens with zero attached hydrogens (tertiary/aromatic N) is 1. The molecule has 4 heteroatoms. The van der Waals surface area contributed by atoms with E-state index in [2.05, 4.69) is 37.4 Å². The molecule has 0 fully saturated rings. The average Bonchev–Trinajstić information content (AvgIpc) is 2.51. The molecule has 3 nitrogen and oxygen atoms in total. The molecule has 1 amide bonds. The Balaban J connectivity index is 2.01. The number of benzene rings is 2. The third-order valence-electron chi connectivity index (χ3n) is 3.67. The molecule has 0 bridgehead atoms. The summed E-state index contributed by atoms with van der Waals surface area (Å²) in [5.41, 5.74) is 4.36. The first kappa shape index (κ1) is 17.4. The van der Waals surface area contributed by atoms with E-state index in [1.807, 2.05) is 50.2 Å². The summed E-state index contributed by atoms with van der Waals surface area (Å²) in [5.74, 6) is 0.0218. The van der Waals surface area contributed by atoms with Crippen molar-refractivity contribution in [3.8, 4) is 0 Å². The predicted molar refractivity (Wildman–Crippen MR) is 101 cm³/mol. The van der Waals surface area contributed by atoms with Gasteiger partial charge < -0.3 is 10.2 Å². The van der Waals surface area contributed by atoms with Crippen LogP contribution in [0.1, 0.15) is 18.1 Å². The maximum absolute atomic E-state index is 12.4. The monoisotopic (exact) mass is 328 g/mol. The molecule has 1 N–H and O–H groups in total. The van der Waals surface area contributed by atoms with Crippen molar-refractivity contribution in [3.63, 3.8) is 0 Å². The third-order valence-corrected chi connectivity index (χ3v) is 4.93. The standard InChI is InChI=1S/C19H24N2OS/c1-13-6-7-14(2)18(12-13)23-15(3)19(22)20-16-8-10-17(11-9-16)21(4)5/h6-12,15H,1-5H3,(H,20,22). The number of aryl methyl sites for hydroxylation is 2. The van der Waals surface area contributed by atoms with Gasteiger partial charge in [0.05, 0.1) is 5.25 Å². The van der Waals surface area contributed by atoms with Crippen molar-refractivity contribution in [2.45, 2.75) is 30.9 Å². The highest BCUT2D eigenvalue weighted by Crippen LogP contribution is 2.28. The molecule has 0 aliphatic rings. The van der Waals surface area contributed by atoms with Crippen LogP contribution in [0.2, 0.25) is 0 Å². The van der Waals surface area contributed by atoms with Crippen LogP contribution < -0.4 is 10.2 Å². The van der Waals surface area contributed by atoms with Crippen LogP contribution in [0.25, 0.3) is 0 Å². The zero-order valence-electron chi connectivity index (χ0n) is 14.4. The first-order valence-corrected chi connectivity index (χ1v) is 8.57. The molecule has 0 radical (unpaired) electrons. The highest BCUT2D eigenvalue weighted by atomic mass is 32.2. The second-order valence-electron chi connectivity index (χ2n) is 5.96. The Labute approximate surface area is 143 Å². The Kier molecular flexibility index (Phi) is 5.72. The number of rotatable bonds is 5. The minimum Gasteiger partial charge on any atom is -0.378 e. The summed E-state index contributed by atoms with van der Waals surface area (Å²) in [6.45, 7) is 6.09. The van der Waals surface area contributed by atoms with Gasteiger partial charge in [0.2, 0.25) is 5.91 Å². The van der Waals surface area contributed by atoms with E-state index in [-0.39, 0.29) is 11.2 Å². The van der Waals surface area contributed by atoms with E-state index >= 15 is 0 Å². The first-order chi connectivity index (χ1) is 10.9. The fourth-order valence-corrected chi connectivity index (χ4v) is 3.22. The normalized spacial score (nSPS) is 11.9. The Bertz CT molecular complexity index is 680. The van der Waals surface area contributed by atoms with Gasteiger partial charge in [-0.3, -0.25) is 4.79 Å². The van der Waals surface area contributed by atoms with Gasteiger partial charge in [0.1, 0.15) is 0 Å². The maximum Gasteiger partial charge on any atom is 0.237 e. The molecule has 2 aromatic rings. The molecule has 0 saturated heterocycles. The molecular weight excluding hydrogens is 304 g/mol. The molecular formula is C19H24N2OS. The quantitative estimate of drug-likeness (QED) is 0.821. The molecule has 1 unspecified atom stereocenters. The maximum atomic E-state index is 12.4. The van der Waals surface area contributed by atoms with Crippen molar-refractivity contribution in [2.24, 2.45) is 0 Å². The number of thioether (sulfide) groups is 1. The SMILES string of the molecule is Cc1ccc(C)c(SC(C)C(=O)Nc2ccc(N(C)C)cc2)c1. The van der Waals surface area contributed by atoms with Crippen molar-refractivity contribution in [2.75, 3.05) is 24.3 Å². The van der Waals surface area contributed by atoms with E-state index in [1.54, 1.807) is 11.8 Å². The summed E-state index contributed by atoms with van der Waals surface area (Å²) in [6.07, 6.45) is 0. The van der Waals surface area contributed by atoms with Gasteiger partial charge in [0, 0.05) is 30.4 Å². The number of hydrogen-bond donors (Lipinski definition) is 1. The molecule has 2 aromatic carbocycles. The largest absolute Gasteiger partial charge is 0.378 e. The Hall–Kier alpha value is -1.94. The van der Waals surface area contributed by atoms with Crippen LogP contribution in [0, 0.1) is 13.8 Å². The van der Waals surface area contributed by atoms with E-state index in [9.17, 15) is 4.79 Å². The van der Waals surface area contributed by atoms with Crippen molar-refractivity contribution in [3.05, 3.63) is 53.6 Å². The van der Waals surface area contributed by atoms with E-state index in [4.69, 9.17) is 0 Å². The number of nitrogens with one attached hydrogen (secondary N) is 1. The number of carbonyl (C=O) groups is 1. The highest BCUT2D eigenvalue weighted by molar-refractivity contribution is 8.00. The summed E-state index contributed by atoms with van der Waals surface area (Å²) in [6, 6.07) is 14.2. The molecule has 2 rings (SSSR count). The molecule has 122 valence electrons. The summed E-state index contributed by atoms with van der Waals surface area (Å²) in [5, 5.41) is 2.83. The van der Waals surface area contributed by atoms with E-state index in [0.29, 0.717) is 0 Å². The lowest BCUT2D eigenvalue weighted by Gasteiger charge is -2.15. The summed E-state index contributed by atoms with van der Waals surface area (Å²) >= 11 is 1.60. The summed E-state index contributed by atoms with van der Waals surface area (Å²) in [7, 11) is 3.99. The molecule has 23 heavy (non-hydrogen) atoms. The number of anilines is 2. The minimum absolute atomic E-state index is 0.0218. The van der Waals surface area contributed by atoms with E-state index in [1.165, 1.54) is 11.1 Å². The van der Waals surface area contributed by atoms with Crippen LogP contribution in [-0.4, -0.2) is 25.3 Å². The van der Waals surface area contributed by atoms with Gasteiger partial charge in [-0.15, -0.1) is 11.8 Å². The van der Waals surface area contributed by atoms with Crippen molar-refractivity contribution < 1.29 is 4.79 Å². The Morgan fingerprint density at radius 2 is 1.74 bits per heavy atom. The highest BCUT2D eigenvalue weighted by Gasteiger charge is 2.15. The molecule has 0 spiro atoms. The first-order valence-electron chi connectivity index (χ1n) is 7.69. The van der Waals surface area contributed by atoms with Gasteiger partial charge >= 0.3 is 0 Å². The topological polar surface area (TPSA) is 32.3 Å². The van der Waals surface area contributed by atoms with E-state index < -0.39 is 0 Å². The lowest BCUT2D eigenvalue weighted by Crippen LogP contribution is -2.22. The smallest absolute Gasteiger partial charge is 0.237 e. The molecule has 0 saturated carbocycles. The molecule has 0 aromatic heterocycles. The van der Waals surface area contributed by atoms with Gasteiger partial charge in [0.25, 0.3) is 0 Å². The van der Waals surface area contributed by atoms with Gasteiger partial charge in [0.15, 0.2) is 0 Å². The lowest BCUT2D eigenvalue weighted by atomic mass is 10.2. The molecule has 1 atom stereocenters. The number of carbonyl (C=O) groups excluding carboxylic acids is 1. The van der Waals surface area contributed by atoms with Crippen LogP contribution in [0.3, 0.4) is 0 Å². The lowest BCUT2D eigenvalue weighted by molar-refractivity contribution is -0.115. The predicted octanol–water partition coefficient (Wildman–Crippen LogP) is 4.49. The molecule has 0 heterocycles. The summed E-state index contributed by atoms with van der Waals surface area (Å²) in [4.78, 5) is 15.6. The number of amides is 1. The minimum atomic E-state index is -0.149. The van der Waals surface area contributed by atoms with Gasteiger partial charge in [-0.05, 0) is 56.7 Å². The van der Waals surface area contributed by atoms with Crippen LogP contribution in [0.4, 0.5) is 11.4 Å². The average molecular weight is 328 g/mol. The second kappa shape index (κ2) is 7.55. The van der Waals surface area contributed by atoms with E-state index in [0.717, 1.165) is 16.3 Å². The van der Waals surface area contributed by atoms with Crippen LogP contribution in [0.15, 0.2) is 47.4 Å². The van der Waals surface area contributed by atoms with Crippen LogP contribution in [0.5, 0.6) is 0 Å². The van der Waals surface area contributed by atoms with Crippen LogP contribution in [-0.2, 0) is 4.79 Å². The zero-order valence-corrected chi connectivity index (χ0v) is 15.2. The Morgan fingerprint density at radius 3 is 2.35 bits per heavy atom. The van der Waals surface area contributed by atoms with Gasteiger partial charge in [-0.25, -0.2) is 0 Å². The zero-order chi connectivity index (χ0) is 17.0. The third kappa shape index (κ3) is 4.76. The number of hydrogen-bond acceptors (Lipinski definition) is 3. The fourth-order valence-electron chi connectivity index (χ4n) is 2.17. The van der Waals surface area contributed by atoms with Gasteiger partial charge in [-0.1, -0.05) is 17.7 Å². The molecule has 0 aliphatic heterocycles. The summed E-state index contributed by atoms with van der Waals surface area (Å²) < 4.78 is 0. The second-order valence-corrected chi connectivity index (χ2v) is 7.34. The van der Waals surface area contributed by atoms with Crippen molar-refractivity contribution in [1.82, 2.24) is 0 Å². The fraction of sp³-hybridized carbons (Fsp3) is 0.316. The van der Waals surface area contributed by atoms with Crippen LogP contribution >= 0.6 is 11.8 Å². The Morgan fingerprint density at radius 1 is 1.09 bits per heavy atom. The van der Waals surface area contributed by atoms with Crippen molar-refractivity contribution >= 4 is 29.0 Å².